The third kappa shape index (κ3) is 3.82. The monoisotopic (exact) mass is 212 g/mol. The van der Waals surface area contributed by atoms with Crippen molar-refractivity contribution >= 4 is 5.91 Å². The largest absolute Gasteiger partial charge is 0.342 e. The van der Waals surface area contributed by atoms with Crippen LogP contribution < -0.4 is 5.73 Å². The van der Waals surface area contributed by atoms with Crippen molar-refractivity contribution < 1.29 is 4.79 Å². The minimum absolute atomic E-state index is 0.0458. The number of rotatable bonds is 3. The zero-order chi connectivity index (χ0) is 11.1. The van der Waals surface area contributed by atoms with Gasteiger partial charge in [0, 0.05) is 19.6 Å². The van der Waals surface area contributed by atoms with Crippen LogP contribution in [0.1, 0.15) is 45.4 Å². The first-order valence-electron chi connectivity index (χ1n) is 6.28. The molecule has 1 aliphatic rings. The van der Waals surface area contributed by atoms with Crippen LogP contribution in [0.15, 0.2) is 0 Å². The predicted molar refractivity (Wildman–Crippen MR) is 62.5 cm³/mol. The van der Waals surface area contributed by atoms with Gasteiger partial charge in [0.1, 0.15) is 0 Å². The molecule has 2 N–H and O–H groups in total. The van der Waals surface area contributed by atoms with Gasteiger partial charge in [-0.25, -0.2) is 0 Å². The summed E-state index contributed by atoms with van der Waals surface area (Å²) in [7, 11) is 0. The number of likely N-dealkylation sites (tertiary alicyclic amines) is 1. The number of nitrogens with zero attached hydrogens (tertiary/aromatic N) is 1. The van der Waals surface area contributed by atoms with Crippen molar-refractivity contribution in [2.24, 2.45) is 11.7 Å². The smallest absolute Gasteiger partial charge is 0.226 e. The third-order valence-corrected chi connectivity index (χ3v) is 3.29. The van der Waals surface area contributed by atoms with Gasteiger partial charge in [0.05, 0.1) is 5.92 Å². The van der Waals surface area contributed by atoms with Crippen molar-refractivity contribution in [1.29, 1.82) is 0 Å². The highest BCUT2D eigenvalue weighted by atomic mass is 16.2. The van der Waals surface area contributed by atoms with E-state index in [1.165, 1.54) is 19.3 Å². The number of carbonyl (C=O) groups is 1. The van der Waals surface area contributed by atoms with Gasteiger partial charge in [0.25, 0.3) is 0 Å². The summed E-state index contributed by atoms with van der Waals surface area (Å²) in [4.78, 5) is 14.1. The molecule has 1 aliphatic heterocycles. The highest BCUT2D eigenvalue weighted by molar-refractivity contribution is 5.79. The summed E-state index contributed by atoms with van der Waals surface area (Å²) < 4.78 is 0. The van der Waals surface area contributed by atoms with E-state index in [1.54, 1.807) is 0 Å². The molecular formula is C12H24N2O. The Hall–Kier alpha value is -0.570. The van der Waals surface area contributed by atoms with E-state index in [-0.39, 0.29) is 11.8 Å². The van der Waals surface area contributed by atoms with Crippen molar-refractivity contribution in [1.82, 2.24) is 4.90 Å². The SMILES string of the molecule is CCC(CN)C(=O)N1CCCCCCC1. The minimum Gasteiger partial charge on any atom is -0.342 e. The maximum atomic E-state index is 12.1. The van der Waals surface area contributed by atoms with Crippen LogP contribution in [-0.2, 0) is 4.79 Å². The van der Waals surface area contributed by atoms with Crippen molar-refractivity contribution in [2.75, 3.05) is 19.6 Å². The normalized spacial score (nSPS) is 20.5. The zero-order valence-electron chi connectivity index (χ0n) is 9.87. The van der Waals surface area contributed by atoms with Gasteiger partial charge in [-0.2, -0.15) is 0 Å². The van der Waals surface area contributed by atoms with Crippen LogP contribution in [0.25, 0.3) is 0 Å². The molecule has 0 spiro atoms. The topological polar surface area (TPSA) is 46.3 Å². The molecule has 3 nitrogen and oxygen atoms in total. The standard InChI is InChI=1S/C12H24N2O/c1-2-11(10-13)12(15)14-8-6-4-3-5-7-9-14/h11H,2-10,13H2,1H3. The Morgan fingerprint density at radius 1 is 1.20 bits per heavy atom. The zero-order valence-corrected chi connectivity index (χ0v) is 9.87. The summed E-state index contributed by atoms with van der Waals surface area (Å²) in [6.45, 7) is 4.41. The van der Waals surface area contributed by atoms with Gasteiger partial charge in [-0.3, -0.25) is 4.79 Å². The summed E-state index contributed by atoms with van der Waals surface area (Å²) in [6, 6.07) is 0. The number of amides is 1. The first-order valence-corrected chi connectivity index (χ1v) is 6.28. The first-order chi connectivity index (χ1) is 7.29. The summed E-state index contributed by atoms with van der Waals surface area (Å²) in [5.74, 6) is 0.325. The van der Waals surface area contributed by atoms with E-state index in [4.69, 9.17) is 5.73 Å². The average Bonchev–Trinajstić information content (AvgIpc) is 2.18. The lowest BCUT2D eigenvalue weighted by Crippen LogP contribution is -2.40. The van der Waals surface area contributed by atoms with Gasteiger partial charge >= 0.3 is 0 Å². The van der Waals surface area contributed by atoms with Crippen LogP contribution in [0.4, 0.5) is 0 Å². The molecule has 0 aromatic carbocycles. The highest BCUT2D eigenvalue weighted by Crippen LogP contribution is 2.14. The molecule has 1 heterocycles. The summed E-state index contributed by atoms with van der Waals surface area (Å²) in [6.07, 6.45) is 7.05. The van der Waals surface area contributed by atoms with Crippen molar-refractivity contribution in [3.8, 4) is 0 Å². The van der Waals surface area contributed by atoms with Gasteiger partial charge in [-0.05, 0) is 19.3 Å². The molecule has 0 aliphatic carbocycles. The van der Waals surface area contributed by atoms with Crippen LogP contribution in [0.2, 0.25) is 0 Å². The van der Waals surface area contributed by atoms with Crippen LogP contribution in [-0.4, -0.2) is 30.4 Å². The molecule has 0 radical (unpaired) electrons. The van der Waals surface area contributed by atoms with E-state index in [0.29, 0.717) is 6.54 Å². The molecule has 1 rings (SSSR count). The lowest BCUT2D eigenvalue weighted by Gasteiger charge is -2.28. The second-order valence-electron chi connectivity index (χ2n) is 4.43. The Labute approximate surface area is 93.0 Å². The fraction of sp³-hybridized carbons (Fsp3) is 0.917. The van der Waals surface area contributed by atoms with Crippen LogP contribution in [0, 0.1) is 5.92 Å². The summed E-state index contributed by atoms with van der Waals surface area (Å²) in [5.41, 5.74) is 5.61. The quantitative estimate of drug-likeness (QED) is 0.775. The lowest BCUT2D eigenvalue weighted by atomic mass is 10.0. The molecule has 1 fully saturated rings. The van der Waals surface area contributed by atoms with E-state index >= 15 is 0 Å². The minimum atomic E-state index is 0.0458. The Kier molecular flexibility index (Phi) is 5.69. The van der Waals surface area contributed by atoms with Crippen LogP contribution in [0.5, 0.6) is 0 Å². The Bertz CT molecular complexity index is 182. The molecule has 0 aromatic heterocycles. The fourth-order valence-electron chi connectivity index (χ4n) is 2.17. The number of nitrogens with two attached hydrogens (primary N) is 1. The van der Waals surface area contributed by atoms with Gasteiger partial charge in [0.2, 0.25) is 5.91 Å². The molecule has 88 valence electrons. The summed E-state index contributed by atoms with van der Waals surface area (Å²) >= 11 is 0. The maximum absolute atomic E-state index is 12.1. The molecular weight excluding hydrogens is 188 g/mol. The molecule has 15 heavy (non-hydrogen) atoms. The molecule has 1 atom stereocenters. The molecule has 0 bridgehead atoms. The van der Waals surface area contributed by atoms with E-state index in [2.05, 4.69) is 0 Å². The molecule has 0 aromatic rings. The Balaban J connectivity index is 2.47. The second-order valence-corrected chi connectivity index (χ2v) is 4.43. The second kappa shape index (κ2) is 6.83. The molecule has 1 saturated heterocycles. The lowest BCUT2D eigenvalue weighted by molar-refractivity contribution is -0.135. The number of carbonyl (C=O) groups excluding carboxylic acids is 1. The first kappa shape index (κ1) is 12.5. The van der Waals surface area contributed by atoms with Crippen molar-refractivity contribution in [3.05, 3.63) is 0 Å². The third-order valence-electron chi connectivity index (χ3n) is 3.29. The van der Waals surface area contributed by atoms with E-state index in [0.717, 1.165) is 32.4 Å². The van der Waals surface area contributed by atoms with Gasteiger partial charge in [-0.1, -0.05) is 26.2 Å². The van der Waals surface area contributed by atoms with Gasteiger partial charge in [0.15, 0.2) is 0 Å². The van der Waals surface area contributed by atoms with Gasteiger partial charge in [-0.15, -0.1) is 0 Å². The Morgan fingerprint density at radius 3 is 2.20 bits per heavy atom. The number of hydrogen-bond acceptors (Lipinski definition) is 2. The fourth-order valence-corrected chi connectivity index (χ4v) is 2.17. The number of hydrogen-bond donors (Lipinski definition) is 1. The van der Waals surface area contributed by atoms with Crippen molar-refractivity contribution in [3.63, 3.8) is 0 Å². The van der Waals surface area contributed by atoms with E-state index in [1.807, 2.05) is 11.8 Å². The van der Waals surface area contributed by atoms with Crippen LogP contribution in [0.3, 0.4) is 0 Å². The predicted octanol–water partition coefficient (Wildman–Crippen LogP) is 1.76. The molecule has 0 saturated carbocycles. The average molecular weight is 212 g/mol. The van der Waals surface area contributed by atoms with Gasteiger partial charge < -0.3 is 10.6 Å². The highest BCUT2D eigenvalue weighted by Gasteiger charge is 2.21. The molecule has 3 heteroatoms. The van der Waals surface area contributed by atoms with E-state index < -0.39 is 0 Å². The summed E-state index contributed by atoms with van der Waals surface area (Å²) in [5, 5.41) is 0. The van der Waals surface area contributed by atoms with Crippen molar-refractivity contribution in [2.45, 2.75) is 45.4 Å². The van der Waals surface area contributed by atoms with Crippen LogP contribution >= 0.6 is 0 Å². The van der Waals surface area contributed by atoms with E-state index in [9.17, 15) is 4.79 Å². The molecule has 1 unspecified atom stereocenters. The molecule has 1 amide bonds. The Morgan fingerprint density at radius 2 is 1.73 bits per heavy atom. The maximum Gasteiger partial charge on any atom is 0.226 e.